The number of phenols is 1. The minimum atomic E-state index is 0.234. The summed E-state index contributed by atoms with van der Waals surface area (Å²) in [5.74, 6) is 1.14. The fourth-order valence-corrected chi connectivity index (χ4v) is 3.37. The molecule has 0 saturated carbocycles. The van der Waals surface area contributed by atoms with Gasteiger partial charge in [0, 0.05) is 23.4 Å². The largest absolute Gasteiger partial charge is 0.508 e. The first-order valence-electron chi connectivity index (χ1n) is 8.65. The summed E-state index contributed by atoms with van der Waals surface area (Å²) in [6.45, 7) is 2.86. The van der Waals surface area contributed by atoms with Gasteiger partial charge in [-0.3, -0.25) is 0 Å². The van der Waals surface area contributed by atoms with E-state index in [9.17, 15) is 5.11 Å². The lowest BCUT2D eigenvalue weighted by Crippen LogP contribution is -2.02. The lowest BCUT2D eigenvalue weighted by molar-refractivity contribution is 0.318. The zero-order valence-corrected chi connectivity index (χ0v) is 14.5. The Bertz CT molecular complexity index is 974. The highest BCUT2D eigenvalue weighted by Crippen LogP contribution is 2.32. The molecule has 4 rings (SSSR count). The number of imidazole rings is 1. The minimum Gasteiger partial charge on any atom is -0.508 e. The number of oxime groups is 1. The number of fused-ring (bicyclic) bond motifs is 1. The number of aromatic nitrogens is 2. The predicted octanol–water partition coefficient (Wildman–Crippen LogP) is 4.14. The maximum absolute atomic E-state index is 9.52. The van der Waals surface area contributed by atoms with E-state index < -0.39 is 0 Å². The summed E-state index contributed by atoms with van der Waals surface area (Å²) in [5.41, 5.74) is 5.68. The van der Waals surface area contributed by atoms with E-state index in [0.717, 1.165) is 53.4 Å². The molecule has 0 saturated heterocycles. The number of aryl methyl sites for hydroxylation is 2. The van der Waals surface area contributed by atoms with Crippen LogP contribution in [0.25, 0.3) is 11.3 Å². The van der Waals surface area contributed by atoms with Gasteiger partial charge in [0.15, 0.2) is 0 Å². The van der Waals surface area contributed by atoms with Crippen LogP contribution >= 0.6 is 0 Å². The Hall–Kier alpha value is -3.28. The first kappa shape index (κ1) is 16.2. The lowest BCUT2D eigenvalue weighted by Gasteiger charge is -2.12. The second-order valence-electron chi connectivity index (χ2n) is 6.32. The van der Waals surface area contributed by atoms with Crippen molar-refractivity contribution < 1.29 is 10.3 Å². The molecule has 1 aliphatic rings. The first-order chi connectivity index (χ1) is 12.7. The topological polar surface area (TPSA) is 82.7 Å². The number of nitrogens with one attached hydrogen (secondary N) is 1. The van der Waals surface area contributed by atoms with E-state index >= 15 is 0 Å². The van der Waals surface area contributed by atoms with Gasteiger partial charge in [-0.1, -0.05) is 11.2 Å². The molecule has 0 radical (unpaired) electrons. The average molecular weight is 348 g/mol. The zero-order valence-electron chi connectivity index (χ0n) is 14.5. The Labute approximate surface area is 151 Å². The Kier molecular flexibility index (Phi) is 4.08. The van der Waals surface area contributed by atoms with E-state index in [-0.39, 0.29) is 5.75 Å². The fraction of sp³-hybridized carbons (Fsp3) is 0.200. The van der Waals surface area contributed by atoms with Gasteiger partial charge in [0.25, 0.3) is 0 Å². The van der Waals surface area contributed by atoms with Crippen molar-refractivity contribution in [3.05, 3.63) is 59.9 Å². The maximum Gasteiger partial charge on any atom is 0.138 e. The van der Waals surface area contributed by atoms with Crippen molar-refractivity contribution in [3.63, 3.8) is 0 Å². The molecule has 132 valence electrons. The van der Waals surface area contributed by atoms with Crippen molar-refractivity contribution in [2.24, 2.45) is 5.16 Å². The average Bonchev–Trinajstić information content (AvgIpc) is 3.25. The third kappa shape index (κ3) is 2.79. The van der Waals surface area contributed by atoms with Crippen LogP contribution < -0.4 is 5.32 Å². The molecule has 6 heteroatoms. The molecule has 0 bridgehead atoms. The Morgan fingerprint density at radius 3 is 2.69 bits per heavy atom. The molecule has 0 atom stereocenters. The van der Waals surface area contributed by atoms with Crippen LogP contribution in [-0.4, -0.2) is 25.6 Å². The van der Waals surface area contributed by atoms with Crippen molar-refractivity contribution in [1.29, 1.82) is 0 Å². The lowest BCUT2D eigenvalue weighted by atomic mass is 10.1. The van der Waals surface area contributed by atoms with Crippen LogP contribution in [0.5, 0.6) is 5.75 Å². The van der Waals surface area contributed by atoms with Crippen molar-refractivity contribution in [3.8, 4) is 17.0 Å². The SMILES string of the molecule is CCn1cnc(-c2ccc(O)cc2)c1Nc1ccc2c(c1)CC/C2=N\O. The van der Waals surface area contributed by atoms with Crippen LogP contribution in [0, 0.1) is 0 Å². The highest BCUT2D eigenvalue weighted by molar-refractivity contribution is 6.04. The molecule has 3 N–H and O–H groups in total. The molecule has 0 unspecified atom stereocenters. The molecule has 1 heterocycles. The minimum absolute atomic E-state index is 0.234. The van der Waals surface area contributed by atoms with Crippen molar-refractivity contribution in [1.82, 2.24) is 9.55 Å². The molecule has 6 nitrogen and oxygen atoms in total. The fourth-order valence-electron chi connectivity index (χ4n) is 3.37. The van der Waals surface area contributed by atoms with Crippen molar-refractivity contribution in [2.75, 3.05) is 5.32 Å². The smallest absolute Gasteiger partial charge is 0.138 e. The molecular formula is C20H20N4O2. The van der Waals surface area contributed by atoms with Gasteiger partial charge in [-0.25, -0.2) is 4.98 Å². The normalized spacial score (nSPS) is 14.6. The summed E-state index contributed by atoms with van der Waals surface area (Å²) in [7, 11) is 0. The highest BCUT2D eigenvalue weighted by Gasteiger charge is 2.19. The quantitative estimate of drug-likeness (QED) is 0.489. The van der Waals surface area contributed by atoms with Crippen LogP contribution in [0.3, 0.4) is 0 Å². The molecule has 0 aliphatic heterocycles. The zero-order chi connectivity index (χ0) is 18.1. The molecular weight excluding hydrogens is 328 g/mol. The van der Waals surface area contributed by atoms with Gasteiger partial charge in [0.05, 0.1) is 12.0 Å². The molecule has 1 aromatic heterocycles. The Morgan fingerprint density at radius 2 is 1.96 bits per heavy atom. The number of hydrogen-bond acceptors (Lipinski definition) is 5. The van der Waals surface area contributed by atoms with Gasteiger partial charge in [0.2, 0.25) is 0 Å². The first-order valence-corrected chi connectivity index (χ1v) is 8.65. The molecule has 0 spiro atoms. The van der Waals surface area contributed by atoms with Gasteiger partial charge in [-0.2, -0.15) is 0 Å². The number of aromatic hydroxyl groups is 1. The highest BCUT2D eigenvalue weighted by atomic mass is 16.4. The second-order valence-corrected chi connectivity index (χ2v) is 6.32. The summed E-state index contributed by atoms with van der Waals surface area (Å²) < 4.78 is 2.05. The molecule has 1 aliphatic carbocycles. The number of hydrogen-bond donors (Lipinski definition) is 3. The summed E-state index contributed by atoms with van der Waals surface area (Å²) in [5, 5.41) is 25.5. The number of anilines is 2. The third-order valence-electron chi connectivity index (χ3n) is 4.75. The summed E-state index contributed by atoms with van der Waals surface area (Å²) in [4.78, 5) is 4.55. The van der Waals surface area contributed by atoms with Gasteiger partial charge in [-0.15, -0.1) is 0 Å². The van der Waals surface area contributed by atoms with Gasteiger partial charge >= 0.3 is 0 Å². The van der Waals surface area contributed by atoms with E-state index in [4.69, 9.17) is 5.21 Å². The predicted molar refractivity (Wildman–Crippen MR) is 101 cm³/mol. The summed E-state index contributed by atoms with van der Waals surface area (Å²) in [6.07, 6.45) is 3.46. The maximum atomic E-state index is 9.52. The number of phenolic OH excluding ortho intramolecular Hbond substituents is 1. The number of rotatable bonds is 4. The monoisotopic (exact) mass is 348 g/mol. The van der Waals surface area contributed by atoms with Crippen LogP contribution in [0.15, 0.2) is 53.9 Å². The molecule has 0 fully saturated rings. The Morgan fingerprint density at radius 1 is 1.15 bits per heavy atom. The van der Waals surface area contributed by atoms with Gasteiger partial charge in [0.1, 0.15) is 17.3 Å². The van der Waals surface area contributed by atoms with E-state index in [0.29, 0.717) is 0 Å². The molecule has 2 aromatic carbocycles. The second kappa shape index (κ2) is 6.55. The van der Waals surface area contributed by atoms with Gasteiger partial charge in [-0.05, 0) is 61.7 Å². The third-order valence-corrected chi connectivity index (χ3v) is 4.75. The van der Waals surface area contributed by atoms with Crippen LogP contribution in [-0.2, 0) is 13.0 Å². The van der Waals surface area contributed by atoms with E-state index in [1.165, 1.54) is 5.56 Å². The van der Waals surface area contributed by atoms with E-state index in [1.54, 1.807) is 12.1 Å². The van der Waals surface area contributed by atoms with Crippen LogP contribution in [0.2, 0.25) is 0 Å². The molecule has 26 heavy (non-hydrogen) atoms. The summed E-state index contributed by atoms with van der Waals surface area (Å²) >= 11 is 0. The summed E-state index contributed by atoms with van der Waals surface area (Å²) in [6, 6.07) is 13.1. The van der Waals surface area contributed by atoms with Crippen molar-refractivity contribution >= 4 is 17.2 Å². The number of nitrogens with zero attached hydrogens (tertiary/aromatic N) is 3. The van der Waals surface area contributed by atoms with Crippen molar-refractivity contribution in [2.45, 2.75) is 26.3 Å². The van der Waals surface area contributed by atoms with Crippen LogP contribution in [0.1, 0.15) is 24.5 Å². The molecule has 0 amide bonds. The van der Waals surface area contributed by atoms with Crippen LogP contribution in [0.4, 0.5) is 11.5 Å². The Balaban J connectivity index is 1.70. The van der Waals surface area contributed by atoms with Gasteiger partial charge < -0.3 is 20.2 Å². The van der Waals surface area contributed by atoms with E-state index in [2.05, 4.69) is 33.0 Å². The van der Waals surface area contributed by atoms with E-state index in [1.807, 2.05) is 30.6 Å². The molecule has 3 aromatic rings. The number of benzene rings is 2. The standard InChI is InChI=1S/C20H20N4O2/c1-2-24-12-21-19(13-3-7-16(25)8-4-13)20(24)22-15-6-9-17-14(11-15)5-10-18(17)23-26/h3-4,6-9,11-12,22,25-26H,2,5,10H2,1H3/b23-18+.